The molecular weight excluding hydrogens is 202 g/mol. The number of nitrogens with zero attached hydrogens (tertiary/aromatic N) is 1. The van der Waals surface area contributed by atoms with Crippen LogP contribution < -0.4 is 0 Å². The van der Waals surface area contributed by atoms with Crippen molar-refractivity contribution in [1.29, 1.82) is 0 Å². The van der Waals surface area contributed by atoms with E-state index in [-0.39, 0.29) is 17.6 Å². The Bertz CT molecular complexity index is 357. The third-order valence-corrected chi connectivity index (χ3v) is 4.24. The van der Waals surface area contributed by atoms with E-state index in [1.54, 1.807) is 0 Å². The smallest absolute Gasteiger partial charge is 0.330 e. The Kier molecular flexibility index (Phi) is 2.75. The number of ether oxygens (including phenoxy) is 1. The van der Waals surface area contributed by atoms with Gasteiger partial charge >= 0.3 is 5.97 Å². The predicted octanol–water partition coefficient (Wildman–Crippen LogP) is 2.58. The van der Waals surface area contributed by atoms with E-state index in [0.717, 1.165) is 25.7 Å². The fourth-order valence-electron chi connectivity index (χ4n) is 3.39. The van der Waals surface area contributed by atoms with Gasteiger partial charge in [-0.1, -0.05) is 13.5 Å². The second-order valence-electron chi connectivity index (χ2n) is 4.87. The first-order chi connectivity index (χ1) is 7.65. The molecule has 0 amide bonds. The summed E-state index contributed by atoms with van der Waals surface area (Å²) in [5.41, 5.74) is -0.308. The quantitative estimate of drug-likeness (QED) is 0.415. The first kappa shape index (κ1) is 11.2. The topological polar surface area (TPSA) is 30.7 Å². The van der Waals surface area contributed by atoms with Crippen molar-refractivity contribution in [2.45, 2.75) is 44.2 Å². The summed E-state index contributed by atoms with van der Waals surface area (Å²) in [6, 6.07) is 0.159. The fourth-order valence-corrected chi connectivity index (χ4v) is 3.39. The third-order valence-electron chi connectivity index (χ3n) is 4.24. The molecule has 3 heteroatoms. The van der Waals surface area contributed by atoms with Gasteiger partial charge in [0.2, 0.25) is 6.04 Å². The van der Waals surface area contributed by atoms with E-state index in [9.17, 15) is 4.79 Å². The first-order valence-corrected chi connectivity index (χ1v) is 5.87. The van der Waals surface area contributed by atoms with E-state index in [1.165, 1.54) is 6.08 Å². The standard InChI is InChI=1S/C13H17NO2/c1-4-12(15)16-13(5-2)8-9-6-10(13)7-11(9)14-3/h4,9-11H,1,5-8H2,2H3. The number of rotatable bonds is 3. The van der Waals surface area contributed by atoms with Crippen molar-refractivity contribution in [2.24, 2.45) is 11.8 Å². The van der Waals surface area contributed by atoms with E-state index >= 15 is 0 Å². The van der Waals surface area contributed by atoms with Gasteiger partial charge in [-0.3, -0.25) is 0 Å². The molecule has 2 aliphatic rings. The average molecular weight is 219 g/mol. The second kappa shape index (κ2) is 3.93. The molecule has 0 aromatic carbocycles. The fraction of sp³-hybridized carbons (Fsp3) is 0.692. The molecule has 0 heterocycles. The highest BCUT2D eigenvalue weighted by Crippen LogP contribution is 2.55. The van der Waals surface area contributed by atoms with Gasteiger partial charge in [-0.15, -0.1) is 0 Å². The normalized spacial score (nSPS) is 40.4. The Morgan fingerprint density at radius 2 is 2.44 bits per heavy atom. The average Bonchev–Trinajstić information content (AvgIpc) is 2.85. The SMILES string of the molecule is [C-]#[N+]C1CC2CC1CC2(CC)OC(=O)C=C. The van der Waals surface area contributed by atoms with Crippen LogP contribution in [-0.2, 0) is 9.53 Å². The van der Waals surface area contributed by atoms with Gasteiger partial charge in [0.25, 0.3) is 0 Å². The molecule has 0 radical (unpaired) electrons. The lowest BCUT2D eigenvalue weighted by Crippen LogP contribution is -2.41. The largest absolute Gasteiger partial charge is 0.456 e. The van der Waals surface area contributed by atoms with Crippen LogP contribution in [0.1, 0.15) is 32.6 Å². The van der Waals surface area contributed by atoms with Crippen LogP contribution in [-0.4, -0.2) is 17.6 Å². The first-order valence-electron chi connectivity index (χ1n) is 5.87. The lowest BCUT2D eigenvalue weighted by atomic mass is 9.80. The Hall–Kier alpha value is -1.30. The van der Waals surface area contributed by atoms with Gasteiger partial charge < -0.3 is 9.58 Å². The molecule has 0 N–H and O–H groups in total. The Morgan fingerprint density at radius 3 is 2.88 bits per heavy atom. The third kappa shape index (κ3) is 1.53. The van der Waals surface area contributed by atoms with Crippen LogP contribution in [0.2, 0.25) is 0 Å². The molecule has 2 saturated carbocycles. The summed E-state index contributed by atoms with van der Waals surface area (Å²) < 4.78 is 5.56. The summed E-state index contributed by atoms with van der Waals surface area (Å²) in [4.78, 5) is 15.0. The molecule has 2 bridgehead atoms. The summed E-state index contributed by atoms with van der Waals surface area (Å²) in [5.74, 6) is 0.485. The summed E-state index contributed by atoms with van der Waals surface area (Å²) in [6.45, 7) is 12.6. The van der Waals surface area contributed by atoms with E-state index in [0.29, 0.717) is 11.8 Å². The number of hydrogen-bond donors (Lipinski definition) is 0. The highest BCUT2D eigenvalue weighted by atomic mass is 16.6. The summed E-state index contributed by atoms with van der Waals surface area (Å²) >= 11 is 0. The summed E-state index contributed by atoms with van der Waals surface area (Å²) in [5, 5.41) is 0. The summed E-state index contributed by atoms with van der Waals surface area (Å²) in [6.07, 6.45) is 4.88. The minimum absolute atomic E-state index is 0.159. The molecule has 2 rings (SSSR count). The number of carbonyl (C=O) groups is 1. The van der Waals surface area contributed by atoms with Crippen molar-refractivity contribution >= 4 is 5.97 Å². The van der Waals surface area contributed by atoms with E-state index in [2.05, 4.69) is 18.3 Å². The van der Waals surface area contributed by atoms with Gasteiger partial charge in [0.1, 0.15) is 5.60 Å². The van der Waals surface area contributed by atoms with E-state index < -0.39 is 0 Å². The van der Waals surface area contributed by atoms with Crippen LogP contribution >= 0.6 is 0 Å². The van der Waals surface area contributed by atoms with Crippen LogP contribution in [0.15, 0.2) is 12.7 Å². The molecule has 0 saturated heterocycles. The highest BCUT2D eigenvalue weighted by molar-refractivity contribution is 5.81. The molecular formula is C13H17NO2. The van der Waals surface area contributed by atoms with Gasteiger partial charge in [-0.25, -0.2) is 11.4 Å². The number of esters is 1. The molecule has 0 aromatic heterocycles. The lowest BCUT2D eigenvalue weighted by molar-refractivity contribution is -0.160. The van der Waals surface area contributed by atoms with Crippen LogP contribution in [0.25, 0.3) is 4.85 Å². The van der Waals surface area contributed by atoms with Gasteiger partial charge in [0.15, 0.2) is 0 Å². The predicted molar refractivity (Wildman–Crippen MR) is 60.5 cm³/mol. The highest BCUT2D eigenvalue weighted by Gasteiger charge is 2.59. The molecule has 2 aliphatic carbocycles. The zero-order chi connectivity index (χ0) is 11.8. The van der Waals surface area contributed by atoms with Gasteiger partial charge in [-0.05, 0) is 19.3 Å². The van der Waals surface area contributed by atoms with Crippen LogP contribution in [0, 0.1) is 18.4 Å². The number of fused-ring (bicyclic) bond motifs is 2. The summed E-state index contributed by atoms with van der Waals surface area (Å²) in [7, 11) is 0. The molecule has 16 heavy (non-hydrogen) atoms. The van der Waals surface area contributed by atoms with Crippen molar-refractivity contribution in [2.75, 3.05) is 0 Å². The maximum atomic E-state index is 11.4. The Balaban J connectivity index is 2.13. The lowest BCUT2D eigenvalue weighted by Gasteiger charge is -2.36. The number of hydrogen-bond acceptors (Lipinski definition) is 2. The maximum absolute atomic E-state index is 11.4. The minimum Gasteiger partial charge on any atom is -0.456 e. The molecule has 4 unspecified atom stereocenters. The molecule has 0 aliphatic heterocycles. The monoisotopic (exact) mass is 219 g/mol. The van der Waals surface area contributed by atoms with E-state index in [4.69, 9.17) is 11.3 Å². The van der Waals surface area contributed by atoms with Crippen LogP contribution in [0.5, 0.6) is 0 Å². The van der Waals surface area contributed by atoms with Crippen LogP contribution in [0.3, 0.4) is 0 Å². The maximum Gasteiger partial charge on any atom is 0.330 e. The van der Waals surface area contributed by atoms with Crippen LogP contribution in [0.4, 0.5) is 0 Å². The molecule has 4 atom stereocenters. The van der Waals surface area contributed by atoms with Gasteiger partial charge in [0, 0.05) is 24.3 Å². The minimum atomic E-state index is -0.325. The van der Waals surface area contributed by atoms with E-state index in [1.807, 2.05) is 0 Å². The number of carbonyl (C=O) groups excluding carboxylic acids is 1. The van der Waals surface area contributed by atoms with Crippen molar-refractivity contribution < 1.29 is 9.53 Å². The van der Waals surface area contributed by atoms with Gasteiger partial charge in [0.05, 0.1) is 0 Å². The van der Waals surface area contributed by atoms with Crippen molar-refractivity contribution in [3.63, 3.8) is 0 Å². The molecule has 2 fully saturated rings. The molecule has 0 aromatic rings. The second-order valence-corrected chi connectivity index (χ2v) is 4.87. The Labute approximate surface area is 96.3 Å². The molecule has 0 spiro atoms. The van der Waals surface area contributed by atoms with Crippen molar-refractivity contribution in [3.8, 4) is 0 Å². The Morgan fingerprint density at radius 1 is 1.69 bits per heavy atom. The van der Waals surface area contributed by atoms with Crippen molar-refractivity contribution in [1.82, 2.24) is 0 Å². The van der Waals surface area contributed by atoms with Gasteiger partial charge in [-0.2, -0.15) is 0 Å². The molecule has 3 nitrogen and oxygen atoms in total. The zero-order valence-electron chi connectivity index (χ0n) is 9.61. The molecule has 86 valence electrons. The van der Waals surface area contributed by atoms with Crippen molar-refractivity contribution in [3.05, 3.63) is 24.1 Å². The zero-order valence-corrected chi connectivity index (χ0v) is 9.61.